The van der Waals surface area contributed by atoms with Gasteiger partial charge in [0.2, 0.25) is 0 Å². The number of hydrogen-bond donors (Lipinski definition) is 1. The first-order chi connectivity index (χ1) is 7.13. The molecule has 1 saturated carbocycles. The zero-order valence-corrected chi connectivity index (χ0v) is 8.84. The molecule has 16 heavy (non-hydrogen) atoms. The average Bonchev–Trinajstić information content (AvgIpc) is 2.83. The van der Waals surface area contributed by atoms with Gasteiger partial charge < -0.3 is 10.0 Å². The monoisotopic (exact) mass is 239 g/mol. The third kappa shape index (κ3) is 1.98. The van der Waals surface area contributed by atoms with Gasteiger partial charge in [0.25, 0.3) is 0 Å². The zero-order valence-electron chi connectivity index (χ0n) is 8.84. The molecular formula is C9H12F3NO3. The van der Waals surface area contributed by atoms with Gasteiger partial charge in [0.05, 0.1) is 0 Å². The molecule has 0 bridgehead atoms. The second-order valence-electron chi connectivity index (χ2n) is 4.10. The Morgan fingerprint density at radius 1 is 1.31 bits per heavy atom. The molecule has 0 aromatic carbocycles. The Labute approximate surface area is 90.0 Å². The van der Waals surface area contributed by atoms with Crippen LogP contribution in [0.1, 0.15) is 26.7 Å². The molecule has 1 aliphatic carbocycles. The van der Waals surface area contributed by atoms with E-state index in [1.807, 2.05) is 0 Å². The highest BCUT2D eigenvalue weighted by Crippen LogP contribution is 2.44. The lowest BCUT2D eigenvalue weighted by Crippen LogP contribution is -2.55. The molecule has 0 aromatic heterocycles. The Bertz CT molecular complexity index is 320. The van der Waals surface area contributed by atoms with Crippen LogP contribution in [0.25, 0.3) is 0 Å². The standard InChI is InChI=1S/C9H12F3NO3/c1-5(2)13(6(14)9(10,11)12)8(3-4-8)7(15)16/h5H,3-4H2,1-2H3,(H,15,16). The smallest absolute Gasteiger partial charge is 0.471 e. The van der Waals surface area contributed by atoms with Crippen molar-refractivity contribution in [3.05, 3.63) is 0 Å². The molecule has 0 heterocycles. The highest BCUT2D eigenvalue weighted by atomic mass is 19.4. The lowest BCUT2D eigenvalue weighted by atomic mass is 10.1. The van der Waals surface area contributed by atoms with Crippen LogP contribution >= 0.6 is 0 Å². The van der Waals surface area contributed by atoms with Crippen LogP contribution in [0.2, 0.25) is 0 Å². The van der Waals surface area contributed by atoms with E-state index in [2.05, 4.69) is 0 Å². The molecule has 0 aromatic rings. The van der Waals surface area contributed by atoms with E-state index in [4.69, 9.17) is 5.11 Å². The lowest BCUT2D eigenvalue weighted by Gasteiger charge is -2.33. The van der Waals surface area contributed by atoms with Crippen LogP contribution in [0, 0.1) is 0 Å². The Hall–Kier alpha value is -1.27. The van der Waals surface area contributed by atoms with Gasteiger partial charge in [0.15, 0.2) is 0 Å². The number of hydrogen-bond acceptors (Lipinski definition) is 2. The van der Waals surface area contributed by atoms with Gasteiger partial charge in [0.1, 0.15) is 5.54 Å². The van der Waals surface area contributed by atoms with Crippen LogP contribution in [0.5, 0.6) is 0 Å². The summed E-state index contributed by atoms with van der Waals surface area (Å²) in [6, 6.07) is -0.798. The summed E-state index contributed by atoms with van der Waals surface area (Å²) < 4.78 is 36.9. The summed E-state index contributed by atoms with van der Waals surface area (Å²) in [5, 5.41) is 8.88. The minimum Gasteiger partial charge on any atom is -0.479 e. The van der Waals surface area contributed by atoms with Crippen LogP contribution in [0.4, 0.5) is 13.2 Å². The molecule has 0 aliphatic heterocycles. The number of carbonyl (C=O) groups is 2. The first kappa shape index (κ1) is 12.8. The summed E-state index contributed by atoms with van der Waals surface area (Å²) in [5.74, 6) is -3.46. The van der Waals surface area contributed by atoms with Gasteiger partial charge in [-0.3, -0.25) is 4.79 Å². The maximum absolute atomic E-state index is 12.3. The second-order valence-corrected chi connectivity index (χ2v) is 4.10. The summed E-state index contributed by atoms with van der Waals surface area (Å²) in [5.41, 5.74) is -1.65. The van der Waals surface area contributed by atoms with Crippen molar-refractivity contribution in [1.82, 2.24) is 4.90 Å². The molecule has 1 aliphatic rings. The number of carboxylic acid groups (broad SMARTS) is 1. The topological polar surface area (TPSA) is 57.6 Å². The fourth-order valence-corrected chi connectivity index (χ4v) is 1.74. The predicted octanol–water partition coefficient (Wildman–Crippen LogP) is 1.40. The molecule has 1 amide bonds. The van der Waals surface area contributed by atoms with E-state index in [9.17, 15) is 22.8 Å². The van der Waals surface area contributed by atoms with Gasteiger partial charge in [0, 0.05) is 6.04 Å². The maximum Gasteiger partial charge on any atom is 0.471 e. The van der Waals surface area contributed by atoms with E-state index in [0.29, 0.717) is 4.90 Å². The fourth-order valence-electron chi connectivity index (χ4n) is 1.74. The summed E-state index contributed by atoms with van der Waals surface area (Å²) in [6.07, 6.45) is -4.89. The minimum absolute atomic E-state index is 0.0718. The number of carboxylic acids is 1. The van der Waals surface area contributed by atoms with Gasteiger partial charge >= 0.3 is 18.1 Å². The van der Waals surface area contributed by atoms with E-state index in [-0.39, 0.29) is 12.8 Å². The average molecular weight is 239 g/mol. The fraction of sp³-hybridized carbons (Fsp3) is 0.778. The van der Waals surface area contributed by atoms with E-state index < -0.39 is 29.6 Å². The highest BCUT2D eigenvalue weighted by molar-refractivity contribution is 5.92. The molecule has 7 heteroatoms. The number of halogens is 3. The van der Waals surface area contributed by atoms with Gasteiger partial charge in [-0.05, 0) is 26.7 Å². The van der Waals surface area contributed by atoms with E-state index in [1.165, 1.54) is 13.8 Å². The van der Waals surface area contributed by atoms with Gasteiger partial charge in [-0.2, -0.15) is 13.2 Å². The lowest BCUT2D eigenvalue weighted by molar-refractivity contribution is -0.193. The summed E-state index contributed by atoms with van der Waals surface area (Å²) in [7, 11) is 0. The number of nitrogens with zero attached hydrogens (tertiary/aromatic N) is 1. The molecule has 0 spiro atoms. The third-order valence-corrected chi connectivity index (χ3v) is 2.56. The summed E-state index contributed by atoms with van der Waals surface area (Å²) in [4.78, 5) is 22.5. The maximum atomic E-state index is 12.3. The number of rotatable bonds is 3. The van der Waals surface area contributed by atoms with Gasteiger partial charge in [-0.15, -0.1) is 0 Å². The van der Waals surface area contributed by atoms with Crippen molar-refractivity contribution in [2.45, 2.75) is 44.4 Å². The van der Waals surface area contributed by atoms with Crippen LogP contribution in [0.3, 0.4) is 0 Å². The molecule has 0 atom stereocenters. The first-order valence-corrected chi connectivity index (χ1v) is 4.77. The van der Waals surface area contributed by atoms with Crippen LogP contribution in [-0.4, -0.2) is 39.6 Å². The van der Waals surface area contributed by atoms with E-state index in [1.54, 1.807) is 0 Å². The normalized spacial score (nSPS) is 18.4. The Morgan fingerprint density at radius 2 is 1.75 bits per heavy atom. The molecule has 1 N–H and O–H groups in total. The molecule has 92 valence electrons. The molecule has 0 radical (unpaired) electrons. The zero-order chi connectivity index (χ0) is 12.7. The molecule has 0 saturated heterocycles. The number of alkyl halides is 3. The minimum atomic E-state index is -5.03. The van der Waals surface area contributed by atoms with Crippen molar-refractivity contribution < 1.29 is 27.9 Å². The van der Waals surface area contributed by atoms with E-state index >= 15 is 0 Å². The molecule has 0 unspecified atom stereocenters. The Morgan fingerprint density at radius 3 is 1.94 bits per heavy atom. The molecular weight excluding hydrogens is 227 g/mol. The van der Waals surface area contributed by atoms with Crippen molar-refractivity contribution in [2.75, 3.05) is 0 Å². The van der Waals surface area contributed by atoms with E-state index in [0.717, 1.165) is 0 Å². The van der Waals surface area contributed by atoms with Crippen molar-refractivity contribution in [3.63, 3.8) is 0 Å². The second kappa shape index (κ2) is 3.64. The molecule has 1 fully saturated rings. The summed E-state index contributed by atoms with van der Waals surface area (Å²) in [6.45, 7) is 2.74. The molecule has 1 rings (SSSR count). The Balaban J connectivity index is 3.03. The number of aliphatic carboxylic acids is 1. The van der Waals surface area contributed by atoms with Crippen LogP contribution < -0.4 is 0 Å². The van der Waals surface area contributed by atoms with Crippen LogP contribution in [0.15, 0.2) is 0 Å². The predicted molar refractivity (Wildman–Crippen MR) is 47.6 cm³/mol. The van der Waals surface area contributed by atoms with Crippen molar-refractivity contribution >= 4 is 11.9 Å². The number of amides is 1. The molecule has 4 nitrogen and oxygen atoms in total. The first-order valence-electron chi connectivity index (χ1n) is 4.77. The summed E-state index contributed by atoms with van der Waals surface area (Å²) >= 11 is 0. The highest BCUT2D eigenvalue weighted by Gasteiger charge is 2.61. The Kier molecular flexibility index (Phi) is 2.91. The third-order valence-electron chi connectivity index (χ3n) is 2.56. The van der Waals surface area contributed by atoms with Gasteiger partial charge in [-0.25, -0.2) is 4.79 Å². The van der Waals surface area contributed by atoms with Crippen molar-refractivity contribution in [2.24, 2.45) is 0 Å². The quantitative estimate of drug-likeness (QED) is 0.809. The SMILES string of the molecule is CC(C)N(C(=O)C(F)(F)F)C1(C(=O)O)CC1. The van der Waals surface area contributed by atoms with Crippen molar-refractivity contribution in [3.8, 4) is 0 Å². The van der Waals surface area contributed by atoms with Crippen LogP contribution in [-0.2, 0) is 9.59 Å². The number of carbonyl (C=O) groups excluding carboxylic acids is 1. The van der Waals surface area contributed by atoms with Gasteiger partial charge in [-0.1, -0.05) is 0 Å². The van der Waals surface area contributed by atoms with Crippen molar-refractivity contribution in [1.29, 1.82) is 0 Å². The largest absolute Gasteiger partial charge is 0.479 e.